The number of Topliss-reactive ketones (excluding diaryl/α,β-unsaturated/α-hetero) is 1. The van der Waals surface area contributed by atoms with Gasteiger partial charge in [0.2, 0.25) is 0 Å². The second-order valence-corrected chi connectivity index (χ2v) is 3.50. The van der Waals surface area contributed by atoms with E-state index in [4.69, 9.17) is 27.9 Å². The number of alkyl halides is 1. The van der Waals surface area contributed by atoms with Crippen LogP contribution in [0, 0.1) is 6.92 Å². The van der Waals surface area contributed by atoms with Crippen LogP contribution in [0.25, 0.3) is 0 Å². The van der Waals surface area contributed by atoms with Crippen LogP contribution in [0.4, 0.5) is 0 Å². The number of rotatable bonds is 3. The van der Waals surface area contributed by atoms with Gasteiger partial charge >= 0.3 is 0 Å². The second kappa shape index (κ2) is 4.67. The van der Waals surface area contributed by atoms with Crippen LogP contribution in [0.5, 0.6) is 5.75 Å². The number of halogens is 2. The molecular formula is C10H10Cl2O2. The van der Waals surface area contributed by atoms with Crippen LogP contribution in [-0.4, -0.2) is 18.8 Å². The summed E-state index contributed by atoms with van der Waals surface area (Å²) in [6.07, 6.45) is 0. The van der Waals surface area contributed by atoms with E-state index in [9.17, 15) is 4.79 Å². The van der Waals surface area contributed by atoms with Crippen LogP contribution in [0.15, 0.2) is 12.1 Å². The molecule has 0 aliphatic rings. The van der Waals surface area contributed by atoms with Crippen molar-refractivity contribution in [2.75, 3.05) is 13.0 Å². The molecule has 0 amide bonds. The summed E-state index contributed by atoms with van der Waals surface area (Å²) >= 11 is 11.4. The van der Waals surface area contributed by atoms with Gasteiger partial charge in [-0.1, -0.05) is 17.7 Å². The molecule has 0 bridgehead atoms. The van der Waals surface area contributed by atoms with Crippen LogP contribution in [-0.2, 0) is 0 Å². The fraction of sp³-hybridized carbons (Fsp3) is 0.300. The molecule has 0 radical (unpaired) electrons. The molecule has 14 heavy (non-hydrogen) atoms. The molecule has 1 aromatic rings. The predicted molar refractivity (Wildman–Crippen MR) is 57.8 cm³/mol. The number of ketones is 1. The summed E-state index contributed by atoms with van der Waals surface area (Å²) in [5, 5.41) is 0.373. The highest BCUT2D eigenvalue weighted by Crippen LogP contribution is 2.30. The highest BCUT2D eigenvalue weighted by Gasteiger charge is 2.17. The highest BCUT2D eigenvalue weighted by atomic mass is 35.5. The number of hydrogen-bond donors (Lipinski definition) is 0. The maximum atomic E-state index is 11.5. The third-order valence-corrected chi connectivity index (χ3v) is 2.47. The number of methoxy groups -OCH3 is 1. The first-order valence-corrected chi connectivity index (χ1v) is 4.95. The van der Waals surface area contributed by atoms with E-state index in [0.29, 0.717) is 16.3 Å². The lowest BCUT2D eigenvalue weighted by atomic mass is 10.1. The Hall–Kier alpha value is -0.730. The summed E-state index contributed by atoms with van der Waals surface area (Å²) in [6, 6.07) is 3.46. The molecular weight excluding hydrogens is 223 g/mol. The van der Waals surface area contributed by atoms with E-state index < -0.39 is 0 Å². The normalized spacial score (nSPS) is 10.0. The average molecular weight is 233 g/mol. The minimum atomic E-state index is -0.225. The van der Waals surface area contributed by atoms with Gasteiger partial charge in [-0.3, -0.25) is 4.79 Å². The lowest BCUT2D eigenvalue weighted by Gasteiger charge is -2.10. The van der Waals surface area contributed by atoms with E-state index in [1.165, 1.54) is 7.11 Å². The molecule has 0 saturated carbocycles. The van der Waals surface area contributed by atoms with Crippen LogP contribution in [0.3, 0.4) is 0 Å². The fourth-order valence-corrected chi connectivity index (χ4v) is 1.64. The Kier molecular flexibility index (Phi) is 3.78. The van der Waals surface area contributed by atoms with Crippen molar-refractivity contribution in [1.29, 1.82) is 0 Å². The van der Waals surface area contributed by atoms with Crippen LogP contribution >= 0.6 is 23.2 Å². The Morgan fingerprint density at radius 3 is 2.64 bits per heavy atom. The Bertz CT molecular complexity index is 361. The molecule has 4 heteroatoms. The van der Waals surface area contributed by atoms with Gasteiger partial charge < -0.3 is 4.74 Å². The lowest BCUT2D eigenvalue weighted by Crippen LogP contribution is -2.05. The van der Waals surface area contributed by atoms with Gasteiger partial charge in [-0.2, -0.15) is 0 Å². The van der Waals surface area contributed by atoms with Crippen LogP contribution in [0.2, 0.25) is 5.02 Å². The molecule has 0 spiro atoms. The summed E-state index contributed by atoms with van der Waals surface area (Å²) in [4.78, 5) is 11.5. The second-order valence-electron chi connectivity index (χ2n) is 2.83. The van der Waals surface area contributed by atoms with Crippen LogP contribution < -0.4 is 4.74 Å². The summed E-state index contributed by atoms with van der Waals surface area (Å²) in [6.45, 7) is 1.85. The van der Waals surface area contributed by atoms with E-state index in [-0.39, 0.29) is 11.7 Å². The van der Waals surface area contributed by atoms with Gasteiger partial charge in [0.15, 0.2) is 5.78 Å². The molecule has 0 aliphatic carbocycles. The maximum Gasteiger partial charge on any atom is 0.182 e. The maximum absolute atomic E-state index is 11.5. The zero-order chi connectivity index (χ0) is 10.7. The molecule has 1 rings (SSSR count). The molecule has 0 heterocycles. The number of carbonyl (C=O) groups is 1. The monoisotopic (exact) mass is 232 g/mol. The summed E-state index contributed by atoms with van der Waals surface area (Å²) < 4.78 is 5.12. The van der Waals surface area contributed by atoms with E-state index in [1.807, 2.05) is 6.92 Å². The third kappa shape index (κ3) is 2.02. The van der Waals surface area contributed by atoms with Gasteiger partial charge in [-0.25, -0.2) is 0 Å². The van der Waals surface area contributed by atoms with Crippen LogP contribution in [0.1, 0.15) is 15.9 Å². The number of benzene rings is 1. The molecule has 0 aliphatic heterocycles. The smallest absolute Gasteiger partial charge is 0.182 e. The molecule has 0 unspecified atom stereocenters. The first-order valence-electron chi connectivity index (χ1n) is 4.04. The van der Waals surface area contributed by atoms with Crippen molar-refractivity contribution in [2.24, 2.45) is 0 Å². The largest absolute Gasteiger partial charge is 0.496 e. The number of hydrogen-bond acceptors (Lipinski definition) is 2. The Morgan fingerprint density at radius 2 is 2.14 bits per heavy atom. The van der Waals surface area contributed by atoms with Crippen molar-refractivity contribution in [3.63, 3.8) is 0 Å². The Morgan fingerprint density at radius 1 is 1.50 bits per heavy atom. The Balaban J connectivity index is 3.37. The minimum absolute atomic E-state index is 0.0977. The average Bonchev–Trinajstić information content (AvgIpc) is 2.19. The number of carbonyl (C=O) groups excluding carboxylic acids is 1. The molecule has 0 N–H and O–H groups in total. The van der Waals surface area contributed by atoms with E-state index >= 15 is 0 Å². The summed E-state index contributed by atoms with van der Waals surface area (Å²) in [5.74, 6) is 0.180. The van der Waals surface area contributed by atoms with Crippen molar-refractivity contribution in [1.82, 2.24) is 0 Å². The molecule has 1 aromatic carbocycles. The van der Waals surface area contributed by atoms with Crippen molar-refractivity contribution < 1.29 is 9.53 Å². The molecule has 0 aromatic heterocycles. The van der Waals surface area contributed by atoms with Gasteiger partial charge in [0, 0.05) is 0 Å². The van der Waals surface area contributed by atoms with E-state index in [0.717, 1.165) is 5.56 Å². The van der Waals surface area contributed by atoms with Crippen molar-refractivity contribution in [2.45, 2.75) is 6.92 Å². The summed E-state index contributed by atoms with van der Waals surface area (Å²) in [7, 11) is 1.50. The van der Waals surface area contributed by atoms with E-state index in [2.05, 4.69) is 0 Å². The molecule has 0 fully saturated rings. The molecule has 2 nitrogen and oxygen atoms in total. The fourth-order valence-electron chi connectivity index (χ4n) is 1.25. The molecule has 76 valence electrons. The van der Waals surface area contributed by atoms with Gasteiger partial charge in [0.1, 0.15) is 5.75 Å². The SMILES string of the molecule is COc1c(C)ccc(Cl)c1C(=O)CCl. The van der Waals surface area contributed by atoms with Crippen molar-refractivity contribution >= 4 is 29.0 Å². The highest BCUT2D eigenvalue weighted by molar-refractivity contribution is 6.37. The first-order chi connectivity index (χ1) is 6.61. The summed E-state index contributed by atoms with van der Waals surface area (Å²) in [5.41, 5.74) is 1.23. The van der Waals surface area contributed by atoms with Gasteiger partial charge in [0.05, 0.1) is 23.6 Å². The predicted octanol–water partition coefficient (Wildman–Crippen LogP) is 3.08. The zero-order valence-electron chi connectivity index (χ0n) is 7.93. The third-order valence-electron chi connectivity index (χ3n) is 1.91. The van der Waals surface area contributed by atoms with Crippen molar-refractivity contribution in [3.8, 4) is 5.75 Å². The van der Waals surface area contributed by atoms with Crippen molar-refractivity contribution in [3.05, 3.63) is 28.3 Å². The first kappa shape index (κ1) is 11.3. The quantitative estimate of drug-likeness (QED) is 0.592. The van der Waals surface area contributed by atoms with Gasteiger partial charge in [-0.05, 0) is 18.6 Å². The topological polar surface area (TPSA) is 26.3 Å². The minimum Gasteiger partial charge on any atom is -0.496 e. The standard InChI is InChI=1S/C10H10Cl2O2/c1-6-3-4-7(12)9(8(13)5-11)10(6)14-2/h3-4H,5H2,1-2H3. The van der Waals surface area contributed by atoms with Gasteiger partial charge in [0.25, 0.3) is 0 Å². The number of aryl methyl sites for hydroxylation is 1. The zero-order valence-corrected chi connectivity index (χ0v) is 9.45. The molecule has 0 saturated heterocycles. The Labute approximate surface area is 92.8 Å². The van der Waals surface area contributed by atoms with Gasteiger partial charge in [-0.15, -0.1) is 11.6 Å². The number of ether oxygens (including phenoxy) is 1. The molecule has 0 atom stereocenters. The lowest BCUT2D eigenvalue weighted by molar-refractivity contribution is 0.101. The van der Waals surface area contributed by atoms with E-state index in [1.54, 1.807) is 12.1 Å².